The van der Waals surface area contributed by atoms with Gasteiger partial charge in [0.05, 0.1) is 17.8 Å². The van der Waals surface area contributed by atoms with Crippen LogP contribution < -0.4 is 4.90 Å². The van der Waals surface area contributed by atoms with Gasteiger partial charge in [-0.05, 0) is 25.8 Å². The summed E-state index contributed by atoms with van der Waals surface area (Å²) in [6.07, 6.45) is 2.32. The van der Waals surface area contributed by atoms with Gasteiger partial charge in [0, 0.05) is 7.05 Å². The lowest BCUT2D eigenvalue weighted by Gasteiger charge is -2.43. The highest BCUT2D eigenvalue weighted by Crippen LogP contribution is 2.43. The highest BCUT2D eigenvalue weighted by Gasteiger charge is 2.39. The van der Waals surface area contributed by atoms with Crippen molar-refractivity contribution in [1.29, 1.82) is 0 Å². The summed E-state index contributed by atoms with van der Waals surface area (Å²) in [6, 6.07) is 10.3. The number of benzene rings is 1. The van der Waals surface area contributed by atoms with Crippen LogP contribution in [-0.2, 0) is 5.54 Å². The van der Waals surface area contributed by atoms with Crippen LogP contribution in [0.4, 0.5) is 5.82 Å². The lowest BCUT2D eigenvalue weighted by Crippen LogP contribution is -2.43. The third-order valence-corrected chi connectivity index (χ3v) is 4.23. The van der Waals surface area contributed by atoms with Gasteiger partial charge in [-0.1, -0.05) is 30.3 Å². The molecule has 0 fully saturated rings. The third kappa shape index (κ3) is 2.09. The van der Waals surface area contributed by atoms with E-state index in [0.29, 0.717) is 5.82 Å². The minimum Gasteiger partial charge on any atom is -0.477 e. The molecule has 1 unspecified atom stereocenters. The Hall–Kier alpha value is -2.30. The van der Waals surface area contributed by atoms with Gasteiger partial charge in [0.25, 0.3) is 0 Å². The molecule has 5 heteroatoms. The summed E-state index contributed by atoms with van der Waals surface area (Å²) in [5.41, 5.74) is 1.22. The molecule has 0 bridgehead atoms. The molecule has 2 heterocycles. The van der Waals surface area contributed by atoms with E-state index in [9.17, 15) is 9.90 Å². The monoisotopic (exact) mass is 285 g/mol. The lowest BCUT2D eigenvalue weighted by atomic mass is 9.88. The molecular weight excluding hydrogens is 266 g/mol. The number of hydrogen-bond donors (Lipinski definition) is 1. The average Bonchev–Trinajstić information content (AvgIpc) is 2.90. The molecule has 5 nitrogen and oxygen atoms in total. The molecule has 1 aliphatic heterocycles. The first kappa shape index (κ1) is 13.7. The molecule has 21 heavy (non-hydrogen) atoms. The second kappa shape index (κ2) is 4.62. The molecule has 0 amide bonds. The SMILES string of the molecule is CN1c2c(C(=O)O)cnn2C(C)(C)CC1c1ccccc1. The number of rotatable bonds is 2. The maximum atomic E-state index is 11.5. The van der Waals surface area contributed by atoms with Crippen molar-refractivity contribution in [2.24, 2.45) is 0 Å². The number of aromatic carboxylic acids is 1. The Kier molecular flexibility index (Phi) is 3.01. The molecule has 1 aromatic carbocycles. The number of hydrogen-bond acceptors (Lipinski definition) is 3. The molecule has 110 valence electrons. The summed E-state index contributed by atoms with van der Waals surface area (Å²) in [6.45, 7) is 4.19. The first-order valence-electron chi connectivity index (χ1n) is 7.01. The molecule has 0 radical (unpaired) electrons. The van der Waals surface area contributed by atoms with E-state index in [4.69, 9.17) is 0 Å². The Morgan fingerprint density at radius 2 is 2.00 bits per heavy atom. The van der Waals surface area contributed by atoms with Crippen molar-refractivity contribution in [3.63, 3.8) is 0 Å². The topological polar surface area (TPSA) is 58.4 Å². The van der Waals surface area contributed by atoms with Crippen molar-refractivity contribution in [2.75, 3.05) is 11.9 Å². The van der Waals surface area contributed by atoms with E-state index in [0.717, 1.165) is 6.42 Å². The number of carboxylic acid groups (broad SMARTS) is 1. The van der Waals surface area contributed by atoms with Crippen molar-refractivity contribution in [1.82, 2.24) is 9.78 Å². The first-order chi connectivity index (χ1) is 9.92. The van der Waals surface area contributed by atoms with Crippen LogP contribution in [0.15, 0.2) is 36.5 Å². The van der Waals surface area contributed by atoms with E-state index >= 15 is 0 Å². The van der Waals surface area contributed by atoms with Gasteiger partial charge in [-0.3, -0.25) is 0 Å². The van der Waals surface area contributed by atoms with Gasteiger partial charge in [0.1, 0.15) is 11.4 Å². The highest BCUT2D eigenvalue weighted by molar-refractivity contribution is 5.93. The predicted molar refractivity (Wildman–Crippen MR) is 80.7 cm³/mol. The summed E-state index contributed by atoms with van der Waals surface area (Å²) in [4.78, 5) is 13.5. The summed E-state index contributed by atoms with van der Waals surface area (Å²) < 4.78 is 1.83. The van der Waals surface area contributed by atoms with Gasteiger partial charge < -0.3 is 10.0 Å². The van der Waals surface area contributed by atoms with Crippen LogP contribution in [0, 0.1) is 0 Å². The van der Waals surface area contributed by atoms with Crippen LogP contribution in [0.25, 0.3) is 0 Å². The summed E-state index contributed by atoms with van der Waals surface area (Å²) >= 11 is 0. The van der Waals surface area contributed by atoms with Gasteiger partial charge in [0.15, 0.2) is 0 Å². The van der Waals surface area contributed by atoms with Gasteiger partial charge in [-0.2, -0.15) is 5.10 Å². The predicted octanol–water partition coefficient (Wildman–Crippen LogP) is 2.90. The van der Waals surface area contributed by atoms with Crippen molar-refractivity contribution in [3.8, 4) is 0 Å². The van der Waals surface area contributed by atoms with Crippen LogP contribution in [0.3, 0.4) is 0 Å². The van der Waals surface area contributed by atoms with Crippen LogP contribution in [0.1, 0.15) is 42.2 Å². The zero-order valence-corrected chi connectivity index (χ0v) is 12.4. The second-order valence-electron chi connectivity index (χ2n) is 6.15. The maximum Gasteiger partial charge on any atom is 0.341 e. The molecule has 0 spiro atoms. The van der Waals surface area contributed by atoms with E-state index in [2.05, 4.69) is 31.1 Å². The Morgan fingerprint density at radius 3 is 2.62 bits per heavy atom. The number of carbonyl (C=O) groups is 1. The van der Waals surface area contributed by atoms with Crippen molar-refractivity contribution < 1.29 is 9.90 Å². The number of nitrogens with zero attached hydrogens (tertiary/aromatic N) is 3. The van der Waals surface area contributed by atoms with E-state index in [1.165, 1.54) is 11.8 Å². The molecule has 1 aliphatic rings. The number of carboxylic acids is 1. The first-order valence-corrected chi connectivity index (χ1v) is 7.01. The highest BCUT2D eigenvalue weighted by atomic mass is 16.4. The van der Waals surface area contributed by atoms with Gasteiger partial charge in [-0.25, -0.2) is 9.48 Å². The lowest BCUT2D eigenvalue weighted by molar-refractivity contribution is 0.0697. The van der Waals surface area contributed by atoms with Crippen LogP contribution in [0.2, 0.25) is 0 Å². The Balaban J connectivity index is 2.14. The minimum atomic E-state index is -0.937. The fourth-order valence-electron chi connectivity index (χ4n) is 3.14. The van der Waals surface area contributed by atoms with Crippen LogP contribution in [-0.4, -0.2) is 27.9 Å². The van der Waals surface area contributed by atoms with Crippen molar-refractivity contribution in [3.05, 3.63) is 47.7 Å². The zero-order chi connectivity index (χ0) is 15.2. The molecule has 2 aromatic rings. The standard InChI is InChI=1S/C16H19N3O2/c1-16(2)9-13(11-7-5-4-6-8-11)18(3)14-12(15(20)21)10-17-19(14)16/h4-8,10,13H,9H2,1-3H3,(H,20,21). The maximum absolute atomic E-state index is 11.5. The Bertz CT molecular complexity index is 676. The quantitative estimate of drug-likeness (QED) is 0.921. The second-order valence-corrected chi connectivity index (χ2v) is 6.15. The number of aromatic nitrogens is 2. The van der Waals surface area contributed by atoms with E-state index in [1.54, 1.807) is 0 Å². The molecule has 0 saturated carbocycles. The normalized spacial score (nSPS) is 20.1. The molecule has 1 N–H and O–H groups in total. The minimum absolute atomic E-state index is 0.142. The Morgan fingerprint density at radius 1 is 1.33 bits per heavy atom. The smallest absolute Gasteiger partial charge is 0.341 e. The van der Waals surface area contributed by atoms with E-state index in [-0.39, 0.29) is 17.1 Å². The summed E-state index contributed by atoms with van der Waals surface area (Å²) in [5, 5.41) is 13.7. The number of fused-ring (bicyclic) bond motifs is 1. The summed E-state index contributed by atoms with van der Waals surface area (Å²) in [5.74, 6) is -0.264. The summed E-state index contributed by atoms with van der Waals surface area (Å²) in [7, 11) is 1.94. The van der Waals surface area contributed by atoms with Crippen molar-refractivity contribution in [2.45, 2.75) is 31.8 Å². The number of anilines is 1. The molecule has 3 rings (SSSR count). The molecule has 0 saturated heterocycles. The van der Waals surface area contributed by atoms with Gasteiger partial charge >= 0.3 is 5.97 Å². The van der Waals surface area contributed by atoms with Gasteiger partial charge in [-0.15, -0.1) is 0 Å². The van der Waals surface area contributed by atoms with Crippen molar-refractivity contribution >= 4 is 11.8 Å². The van der Waals surface area contributed by atoms with E-state index < -0.39 is 5.97 Å². The fourth-order valence-corrected chi connectivity index (χ4v) is 3.14. The molecule has 1 aromatic heterocycles. The van der Waals surface area contributed by atoms with Crippen LogP contribution >= 0.6 is 0 Å². The average molecular weight is 285 g/mol. The largest absolute Gasteiger partial charge is 0.477 e. The third-order valence-electron chi connectivity index (χ3n) is 4.23. The van der Waals surface area contributed by atoms with E-state index in [1.807, 2.05) is 34.8 Å². The van der Waals surface area contributed by atoms with Gasteiger partial charge in [0.2, 0.25) is 0 Å². The molecule has 1 atom stereocenters. The molecule has 0 aliphatic carbocycles. The zero-order valence-electron chi connectivity index (χ0n) is 12.4. The Labute approximate surface area is 123 Å². The molecular formula is C16H19N3O2. The van der Waals surface area contributed by atoms with Crippen LogP contribution in [0.5, 0.6) is 0 Å². The fraction of sp³-hybridized carbons (Fsp3) is 0.375.